The van der Waals surface area contributed by atoms with Crippen LogP contribution in [-0.4, -0.2) is 24.5 Å². The number of hydrogen-bond donors (Lipinski definition) is 2. The molecule has 2 saturated heterocycles. The second-order valence-electron chi connectivity index (χ2n) is 5.83. The van der Waals surface area contributed by atoms with Gasteiger partial charge in [0.05, 0.1) is 5.54 Å². The van der Waals surface area contributed by atoms with Gasteiger partial charge in [-0.05, 0) is 52.1 Å². The fraction of sp³-hybridized carbons (Fsp3) is 0.769. The lowest BCUT2D eigenvalue weighted by Gasteiger charge is -2.49. The van der Waals surface area contributed by atoms with E-state index >= 15 is 0 Å². The molecule has 0 spiro atoms. The summed E-state index contributed by atoms with van der Waals surface area (Å²) in [5, 5.41) is 6.48. The van der Waals surface area contributed by atoms with Crippen LogP contribution in [0.3, 0.4) is 0 Å². The summed E-state index contributed by atoms with van der Waals surface area (Å²) in [5.74, 6) is 1.56. The highest BCUT2D eigenvalue weighted by atomic mass is 16.2. The number of hydrogen-bond acceptors (Lipinski definition) is 2. The van der Waals surface area contributed by atoms with Gasteiger partial charge in [-0.25, -0.2) is 0 Å². The van der Waals surface area contributed by atoms with E-state index in [1.807, 2.05) is 20.8 Å². The van der Waals surface area contributed by atoms with Crippen molar-refractivity contribution < 1.29 is 4.79 Å². The van der Waals surface area contributed by atoms with E-state index in [1.54, 1.807) is 0 Å². The number of fused-ring (bicyclic) bond motifs is 2. The molecule has 3 rings (SSSR count). The van der Waals surface area contributed by atoms with E-state index in [9.17, 15) is 4.79 Å². The molecule has 3 nitrogen and oxygen atoms in total. The highest BCUT2D eigenvalue weighted by molar-refractivity contribution is 5.81. The van der Waals surface area contributed by atoms with Gasteiger partial charge in [-0.15, -0.1) is 0 Å². The highest BCUT2D eigenvalue weighted by Gasteiger charge is 2.48. The fourth-order valence-electron chi connectivity index (χ4n) is 2.67. The Kier molecular flexibility index (Phi) is 2.82. The number of nitrogens with one attached hydrogen (secondary N) is 2. The molecule has 3 heteroatoms. The summed E-state index contributed by atoms with van der Waals surface area (Å²) >= 11 is 0. The van der Waals surface area contributed by atoms with Crippen LogP contribution in [0.5, 0.6) is 0 Å². The normalized spacial score (nSPS) is 32.8. The van der Waals surface area contributed by atoms with Crippen LogP contribution in [0, 0.1) is 17.8 Å². The third kappa shape index (κ3) is 1.88. The quantitative estimate of drug-likeness (QED) is 0.707. The lowest BCUT2D eigenvalue weighted by molar-refractivity contribution is -0.137. The smallest absolute Gasteiger partial charge is 0.224 e. The van der Waals surface area contributed by atoms with Crippen molar-refractivity contribution in [3.8, 4) is 0 Å². The van der Waals surface area contributed by atoms with Crippen molar-refractivity contribution in [1.29, 1.82) is 0 Å². The zero-order chi connectivity index (χ0) is 11.9. The Hall–Kier alpha value is -0.830. The summed E-state index contributed by atoms with van der Waals surface area (Å²) in [5.41, 5.74) is 0.720. The SMILES string of the molecule is C=C(C)C(C)(C)NC(=O)C1[C@@H]2CNC[C@H]1C2. The molecule has 2 aliphatic heterocycles. The standard InChI is InChI=1S/C13H22N2O/c1-8(2)13(3,4)15-12(16)11-9-5-10(11)7-14-6-9/h9-11,14H,1,5-7H2,2-4H3,(H,15,16)/t9-,10+,11?. The van der Waals surface area contributed by atoms with Crippen molar-refractivity contribution in [2.45, 2.75) is 32.7 Å². The monoisotopic (exact) mass is 222 g/mol. The maximum atomic E-state index is 12.2. The number of amides is 1. The van der Waals surface area contributed by atoms with Gasteiger partial charge in [0.2, 0.25) is 5.91 Å². The van der Waals surface area contributed by atoms with Crippen LogP contribution < -0.4 is 10.6 Å². The number of carbonyl (C=O) groups excluding carboxylic acids is 1. The van der Waals surface area contributed by atoms with Gasteiger partial charge < -0.3 is 10.6 Å². The van der Waals surface area contributed by atoms with E-state index in [2.05, 4.69) is 17.2 Å². The average molecular weight is 222 g/mol. The Morgan fingerprint density at radius 2 is 1.94 bits per heavy atom. The van der Waals surface area contributed by atoms with Crippen LogP contribution in [0.1, 0.15) is 27.2 Å². The van der Waals surface area contributed by atoms with Gasteiger partial charge in [0.25, 0.3) is 0 Å². The Morgan fingerprint density at radius 1 is 1.38 bits per heavy atom. The largest absolute Gasteiger partial charge is 0.347 e. The van der Waals surface area contributed by atoms with Gasteiger partial charge in [0, 0.05) is 5.92 Å². The van der Waals surface area contributed by atoms with E-state index in [-0.39, 0.29) is 17.4 Å². The molecule has 2 heterocycles. The van der Waals surface area contributed by atoms with E-state index in [4.69, 9.17) is 0 Å². The van der Waals surface area contributed by atoms with Crippen molar-refractivity contribution in [2.24, 2.45) is 17.8 Å². The summed E-state index contributed by atoms with van der Waals surface area (Å²) in [6.45, 7) is 11.9. The van der Waals surface area contributed by atoms with Crippen molar-refractivity contribution >= 4 is 5.91 Å². The van der Waals surface area contributed by atoms with Crippen LogP contribution in [0.2, 0.25) is 0 Å². The van der Waals surface area contributed by atoms with Gasteiger partial charge in [-0.3, -0.25) is 4.79 Å². The Morgan fingerprint density at radius 3 is 2.38 bits per heavy atom. The zero-order valence-corrected chi connectivity index (χ0v) is 10.5. The molecule has 2 N–H and O–H groups in total. The molecule has 0 aromatic carbocycles. The van der Waals surface area contributed by atoms with E-state index in [1.165, 1.54) is 6.42 Å². The molecule has 3 fully saturated rings. The van der Waals surface area contributed by atoms with E-state index in [0.29, 0.717) is 11.8 Å². The lowest BCUT2D eigenvalue weighted by Crippen LogP contribution is -2.60. The molecule has 2 bridgehead atoms. The summed E-state index contributed by atoms with van der Waals surface area (Å²) in [6.07, 6.45) is 1.22. The van der Waals surface area contributed by atoms with Gasteiger partial charge >= 0.3 is 0 Å². The minimum Gasteiger partial charge on any atom is -0.347 e. The summed E-state index contributed by atoms with van der Waals surface area (Å²) < 4.78 is 0. The lowest BCUT2D eigenvalue weighted by atomic mass is 9.61. The van der Waals surface area contributed by atoms with Gasteiger partial charge in [-0.2, -0.15) is 0 Å². The molecule has 0 radical (unpaired) electrons. The predicted molar refractivity (Wildman–Crippen MR) is 65.0 cm³/mol. The number of rotatable bonds is 3. The van der Waals surface area contributed by atoms with Gasteiger partial charge in [-0.1, -0.05) is 12.2 Å². The topological polar surface area (TPSA) is 41.1 Å². The van der Waals surface area contributed by atoms with E-state index in [0.717, 1.165) is 18.7 Å². The zero-order valence-electron chi connectivity index (χ0n) is 10.5. The van der Waals surface area contributed by atoms with E-state index < -0.39 is 0 Å². The van der Waals surface area contributed by atoms with Crippen LogP contribution in [0.4, 0.5) is 0 Å². The summed E-state index contributed by atoms with van der Waals surface area (Å²) in [7, 11) is 0. The number of carbonyl (C=O) groups is 1. The van der Waals surface area contributed by atoms with Crippen molar-refractivity contribution in [2.75, 3.05) is 13.1 Å². The summed E-state index contributed by atoms with van der Waals surface area (Å²) in [6, 6.07) is 0. The molecular formula is C13H22N2O. The molecule has 0 aromatic rings. The first-order valence-corrected chi connectivity index (χ1v) is 6.10. The Balaban J connectivity index is 1.96. The molecule has 90 valence electrons. The molecule has 0 aromatic heterocycles. The minimum atomic E-state index is -0.283. The van der Waals surface area contributed by atoms with Gasteiger partial charge in [0.15, 0.2) is 0 Å². The molecule has 16 heavy (non-hydrogen) atoms. The molecule has 1 unspecified atom stereocenters. The van der Waals surface area contributed by atoms with Crippen LogP contribution in [0.15, 0.2) is 12.2 Å². The summed E-state index contributed by atoms with van der Waals surface area (Å²) in [4.78, 5) is 12.2. The number of piperidine rings is 2. The first-order chi connectivity index (χ1) is 7.42. The second-order valence-corrected chi connectivity index (χ2v) is 5.83. The first-order valence-electron chi connectivity index (χ1n) is 6.10. The van der Waals surface area contributed by atoms with Crippen molar-refractivity contribution in [3.05, 3.63) is 12.2 Å². The van der Waals surface area contributed by atoms with Gasteiger partial charge in [0.1, 0.15) is 0 Å². The third-order valence-corrected chi connectivity index (χ3v) is 4.24. The maximum Gasteiger partial charge on any atom is 0.224 e. The molecule has 1 amide bonds. The highest BCUT2D eigenvalue weighted by Crippen LogP contribution is 2.42. The second kappa shape index (κ2) is 3.88. The third-order valence-electron chi connectivity index (χ3n) is 4.24. The first kappa shape index (κ1) is 11.6. The Labute approximate surface area is 97.7 Å². The molecule has 1 aliphatic carbocycles. The molecule has 3 atom stereocenters. The fourth-order valence-corrected chi connectivity index (χ4v) is 2.67. The molecule has 1 saturated carbocycles. The van der Waals surface area contributed by atoms with Crippen LogP contribution in [0.25, 0.3) is 0 Å². The molecular weight excluding hydrogens is 200 g/mol. The minimum absolute atomic E-state index is 0.218. The van der Waals surface area contributed by atoms with Crippen LogP contribution in [-0.2, 0) is 4.79 Å². The van der Waals surface area contributed by atoms with Crippen molar-refractivity contribution in [1.82, 2.24) is 10.6 Å². The molecule has 3 aliphatic rings. The van der Waals surface area contributed by atoms with Crippen molar-refractivity contribution in [3.63, 3.8) is 0 Å². The Bertz CT molecular complexity index is 308. The maximum absolute atomic E-state index is 12.2. The predicted octanol–water partition coefficient (Wildman–Crippen LogP) is 1.31. The van der Waals surface area contributed by atoms with Crippen LogP contribution >= 0.6 is 0 Å². The average Bonchev–Trinajstić information content (AvgIpc) is 2.17.